The Morgan fingerprint density at radius 3 is 2.38 bits per heavy atom. The van der Waals surface area contributed by atoms with Crippen LogP contribution in [0.15, 0.2) is 30.3 Å². The maximum atomic E-state index is 12.8. The number of carbonyl (C=O) groups is 2. The molecule has 1 heterocycles. The Morgan fingerprint density at radius 1 is 1.14 bits per heavy atom. The van der Waals surface area contributed by atoms with Gasteiger partial charge in [0.15, 0.2) is 8.32 Å². The maximum absolute atomic E-state index is 12.8. The van der Waals surface area contributed by atoms with E-state index in [2.05, 4.69) is 33.9 Å². The number of amides is 1. The zero-order valence-electron chi connectivity index (χ0n) is 18.6. The van der Waals surface area contributed by atoms with E-state index in [1.807, 2.05) is 30.3 Å². The molecule has 1 aromatic rings. The topological polar surface area (TPSA) is 65.1 Å². The summed E-state index contributed by atoms with van der Waals surface area (Å²) in [7, 11) is -1.99. The Morgan fingerprint density at radius 2 is 1.79 bits per heavy atom. The molecule has 1 aliphatic rings. The molecule has 2 rings (SSSR count). The molecule has 7 heteroatoms. The summed E-state index contributed by atoms with van der Waals surface area (Å²) in [5.74, 6) is -0.300. The van der Waals surface area contributed by atoms with Gasteiger partial charge in [0.25, 0.3) is 0 Å². The predicted octanol–water partition coefficient (Wildman–Crippen LogP) is 4.74. The van der Waals surface area contributed by atoms with Crippen molar-refractivity contribution in [2.45, 2.75) is 77.4 Å². The maximum Gasteiger partial charge on any atom is 0.410 e. The van der Waals surface area contributed by atoms with E-state index in [9.17, 15) is 9.59 Å². The van der Waals surface area contributed by atoms with Gasteiger partial charge in [0.05, 0.1) is 19.1 Å². The van der Waals surface area contributed by atoms with E-state index >= 15 is 0 Å². The van der Waals surface area contributed by atoms with Crippen molar-refractivity contribution in [3.05, 3.63) is 35.9 Å². The van der Waals surface area contributed by atoms with Crippen molar-refractivity contribution in [3.8, 4) is 0 Å². The van der Waals surface area contributed by atoms with Crippen LogP contribution in [0.1, 0.15) is 46.1 Å². The SMILES string of the molecule is CCOC(=O)C[C@@H]1C[C@@H](O[Si](C)(C)C(C)(C)C)CN1C(=O)OCc1ccccc1. The van der Waals surface area contributed by atoms with E-state index in [1.54, 1.807) is 11.8 Å². The normalized spacial score (nSPS) is 19.9. The van der Waals surface area contributed by atoms with Crippen molar-refractivity contribution in [1.29, 1.82) is 0 Å². The van der Waals surface area contributed by atoms with E-state index in [1.165, 1.54) is 0 Å². The molecule has 29 heavy (non-hydrogen) atoms. The second-order valence-electron chi connectivity index (χ2n) is 9.09. The average Bonchev–Trinajstić information content (AvgIpc) is 3.01. The van der Waals surface area contributed by atoms with Crippen LogP contribution in [0.25, 0.3) is 0 Å². The minimum Gasteiger partial charge on any atom is -0.466 e. The van der Waals surface area contributed by atoms with E-state index in [4.69, 9.17) is 13.9 Å². The molecule has 1 aromatic carbocycles. The van der Waals surface area contributed by atoms with Crippen molar-refractivity contribution in [3.63, 3.8) is 0 Å². The molecule has 1 fully saturated rings. The number of esters is 1. The van der Waals surface area contributed by atoms with E-state index < -0.39 is 14.4 Å². The molecule has 0 N–H and O–H groups in total. The number of benzene rings is 1. The number of carbonyl (C=O) groups excluding carboxylic acids is 2. The molecule has 0 aliphatic carbocycles. The molecule has 1 amide bonds. The third-order valence-corrected chi connectivity index (χ3v) is 10.3. The Kier molecular flexibility index (Phi) is 7.88. The summed E-state index contributed by atoms with van der Waals surface area (Å²) in [5, 5.41) is 0.0743. The highest BCUT2D eigenvalue weighted by atomic mass is 28.4. The summed E-state index contributed by atoms with van der Waals surface area (Å²) in [5.41, 5.74) is 0.927. The van der Waals surface area contributed by atoms with Gasteiger partial charge in [-0.1, -0.05) is 51.1 Å². The molecule has 0 bridgehead atoms. The average molecular weight is 422 g/mol. The lowest BCUT2D eigenvalue weighted by Gasteiger charge is -2.38. The van der Waals surface area contributed by atoms with Gasteiger partial charge in [0.2, 0.25) is 0 Å². The van der Waals surface area contributed by atoms with E-state index in [0.717, 1.165) is 5.56 Å². The molecule has 0 radical (unpaired) electrons. The van der Waals surface area contributed by atoms with Crippen molar-refractivity contribution in [2.24, 2.45) is 0 Å². The molecular formula is C22H35NO5Si. The van der Waals surface area contributed by atoms with Gasteiger partial charge in [-0.15, -0.1) is 0 Å². The smallest absolute Gasteiger partial charge is 0.410 e. The van der Waals surface area contributed by atoms with Crippen LogP contribution in [0.3, 0.4) is 0 Å². The summed E-state index contributed by atoms with van der Waals surface area (Å²) >= 11 is 0. The number of rotatable bonds is 7. The summed E-state index contributed by atoms with van der Waals surface area (Å²) in [6.45, 7) is 13.7. The first kappa shape index (κ1) is 23.4. The largest absolute Gasteiger partial charge is 0.466 e. The third-order valence-electron chi connectivity index (χ3n) is 5.79. The van der Waals surface area contributed by atoms with Crippen LogP contribution >= 0.6 is 0 Å². The first-order valence-electron chi connectivity index (χ1n) is 10.3. The summed E-state index contributed by atoms with van der Waals surface area (Å²) < 4.78 is 17.1. The summed E-state index contributed by atoms with van der Waals surface area (Å²) in [4.78, 5) is 26.5. The Labute approximate surface area is 175 Å². The lowest BCUT2D eigenvalue weighted by Crippen LogP contribution is -2.44. The molecule has 6 nitrogen and oxygen atoms in total. The van der Waals surface area contributed by atoms with E-state index in [-0.39, 0.29) is 36.2 Å². The van der Waals surface area contributed by atoms with Crippen LogP contribution in [0, 0.1) is 0 Å². The summed E-state index contributed by atoms with van der Waals surface area (Å²) in [6.07, 6.45) is 0.265. The fourth-order valence-electron chi connectivity index (χ4n) is 3.18. The van der Waals surface area contributed by atoms with Crippen LogP contribution in [0.2, 0.25) is 18.1 Å². The highest BCUT2D eigenvalue weighted by Crippen LogP contribution is 2.39. The highest BCUT2D eigenvalue weighted by Gasteiger charge is 2.44. The lowest BCUT2D eigenvalue weighted by molar-refractivity contribution is -0.144. The van der Waals surface area contributed by atoms with Crippen molar-refractivity contribution < 1.29 is 23.5 Å². The second kappa shape index (κ2) is 9.76. The minimum absolute atomic E-state index is 0.0743. The molecule has 0 spiro atoms. The van der Waals surface area contributed by atoms with Gasteiger partial charge in [-0.25, -0.2) is 4.79 Å². The van der Waals surface area contributed by atoms with Crippen LogP contribution in [-0.2, 0) is 25.3 Å². The minimum atomic E-state index is -1.99. The zero-order valence-corrected chi connectivity index (χ0v) is 19.6. The van der Waals surface area contributed by atoms with Crippen LogP contribution < -0.4 is 0 Å². The van der Waals surface area contributed by atoms with Crippen LogP contribution in [0.4, 0.5) is 4.79 Å². The van der Waals surface area contributed by atoms with Gasteiger partial charge in [-0.3, -0.25) is 4.79 Å². The lowest BCUT2D eigenvalue weighted by atomic mass is 10.1. The first-order chi connectivity index (χ1) is 13.5. The fraction of sp³-hybridized carbons (Fsp3) is 0.636. The van der Waals surface area contributed by atoms with Crippen molar-refractivity contribution in [2.75, 3.05) is 13.2 Å². The molecule has 162 valence electrons. The van der Waals surface area contributed by atoms with E-state index in [0.29, 0.717) is 19.6 Å². The number of ether oxygens (including phenoxy) is 2. The van der Waals surface area contributed by atoms with Gasteiger partial charge < -0.3 is 18.8 Å². The fourth-order valence-corrected chi connectivity index (χ4v) is 4.54. The molecule has 1 aliphatic heterocycles. The molecule has 0 saturated carbocycles. The molecule has 0 aromatic heterocycles. The zero-order chi connectivity index (χ0) is 21.7. The van der Waals surface area contributed by atoms with Crippen LogP contribution in [-0.4, -0.2) is 50.6 Å². The molecular weight excluding hydrogens is 386 g/mol. The number of hydrogen-bond acceptors (Lipinski definition) is 5. The quantitative estimate of drug-likeness (QED) is 0.470. The number of likely N-dealkylation sites (tertiary alicyclic amines) is 1. The van der Waals surface area contributed by atoms with Gasteiger partial charge in [-0.2, -0.15) is 0 Å². The Bertz CT molecular complexity index is 686. The third kappa shape index (κ3) is 6.57. The summed E-state index contributed by atoms with van der Waals surface area (Å²) in [6, 6.07) is 9.29. The highest BCUT2D eigenvalue weighted by molar-refractivity contribution is 6.74. The van der Waals surface area contributed by atoms with Gasteiger partial charge in [0, 0.05) is 12.6 Å². The van der Waals surface area contributed by atoms with Gasteiger partial charge in [-0.05, 0) is 37.0 Å². The van der Waals surface area contributed by atoms with Crippen LogP contribution in [0.5, 0.6) is 0 Å². The molecule has 2 atom stereocenters. The molecule has 0 unspecified atom stereocenters. The first-order valence-corrected chi connectivity index (χ1v) is 13.2. The second-order valence-corrected chi connectivity index (χ2v) is 13.8. The number of hydrogen-bond donors (Lipinski definition) is 0. The standard InChI is InChI=1S/C22H35NO5Si/c1-7-26-20(24)14-18-13-19(28-29(5,6)22(2,3)4)15-23(18)21(25)27-16-17-11-9-8-10-12-17/h8-12,18-19H,7,13-16H2,1-6H3/t18-,19+/m0/s1. The van der Waals surface area contributed by atoms with Gasteiger partial charge >= 0.3 is 12.1 Å². The number of nitrogens with zero attached hydrogens (tertiary/aromatic N) is 1. The van der Waals surface area contributed by atoms with Crippen molar-refractivity contribution in [1.82, 2.24) is 4.90 Å². The molecule has 1 saturated heterocycles. The Balaban J connectivity index is 2.06. The predicted molar refractivity (Wildman–Crippen MR) is 115 cm³/mol. The Hall–Kier alpha value is -1.86. The van der Waals surface area contributed by atoms with Gasteiger partial charge in [0.1, 0.15) is 6.61 Å². The monoisotopic (exact) mass is 421 g/mol. The van der Waals surface area contributed by atoms with Crippen molar-refractivity contribution >= 4 is 20.4 Å².